The molecule has 22 heavy (non-hydrogen) atoms. The van der Waals surface area contributed by atoms with Gasteiger partial charge in [0.1, 0.15) is 0 Å². The van der Waals surface area contributed by atoms with Crippen LogP contribution >= 0.6 is 0 Å². The molecule has 1 fully saturated rings. The van der Waals surface area contributed by atoms with Crippen LogP contribution in [0.25, 0.3) is 0 Å². The Bertz CT molecular complexity index is 504. The fourth-order valence-corrected chi connectivity index (χ4v) is 2.72. The molecule has 1 aliphatic rings. The minimum atomic E-state index is -0.248. The quantitative estimate of drug-likeness (QED) is 0.824. The second-order valence-electron chi connectivity index (χ2n) is 5.84. The number of methoxy groups -OCH3 is 1. The Labute approximate surface area is 131 Å². The first kappa shape index (κ1) is 16.5. The minimum Gasteiger partial charge on any atom is -0.383 e. The average molecular weight is 304 g/mol. The van der Waals surface area contributed by atoms with Crippen molar-refractivity contribution >= 4 is 11.8 Å². The van der Waals surface area contributed by atoms with Crippen molar-refractivity contribution in [3.05, 3.63) is 35.9 Å². The lowest BCUT2D eigenvalue weighted by atomic mass is 10.1. The summed E-state index contributed by atoms with van der Waals surface area (Å²) < 4.78 is 5.00. The van der Waals surface area contributed by atoms with Gasteiger partial charge in [0.25, 0.3) is 0 Å². The molecule has 2 atom stereocenters. The molecule has 0 radical (unpaired) electrons. The first-order valence-electron chi connectivity index (χ1n) is 7.71. The van der Waals surface area contributed by atoms with Gasteiger partial charge in [-0.05, 0) is 18.9 Å². The number of nitrogens with one attached hydrogen (secondary N) is 1. The van der Waals surface area contributed by atoms with Crippen molar-refractivity contribution in [2.75, 3.05) is 26.8 Å². The number of hydrogen-bond acceptors (Lipinski definition) is 3. The summed E-state index contributed by atoms with van der Waals surface area (Å²) in [4.78, 5) is 26.0. The van der Waals surface area contributed by atoms with Gasteiger partial charge in [-0.3, -0.25) is 9.59 Å². The van der Waals surface area contributed by atoms with Gasteiger partial charge in [-0.2, -0.15) is 0 Å². The summed E-state index contributed by atoms with van der Waals surface area (Å²) in [5.41, 5.74) is 1.21. The molecule has 0 aromatic heterocycles. The van der Waals surface area contributed by atoms with Crippen molar-refractivity contribution in [3.63, 3.8) is 0 Å². The Morgan fingerprint density at radius 2 is 2.14 bits per heavy atom. The van der Waals surface area contributed by atoms with E-state index < -0.39 is 0 Å². The molecule has 0 bridgehead atoms. The van der Waals surface area contributed by atoms with Crippen molar-refractivity contribution in [1.82, 2.24) is 10.2 Å². The Kier molecular flexibility index (Phi) is 5.95. The van der Waals surface area contributed by atoms with Crippen LogP contribution in [0, 0.1) is 5.92 Å². The first-order chi connectivity index (χ1) is 10.6. The van der Waals surface area contributed by atoms with Crippen LogP contribution in [-0.2, 0) is 20.7 Å². The van der Waals surface area contributed by atoms with Crippen LogP contribution < -0.4 is 5.32 Å². The molecule has 5 heteroatoms. The van der Waals surface area contributed by atoms with Crippen LogP contribution in [0.15, 0.2) is 30.3 Å². The van der Waals surface area contributed by atoms with Crippen molar-refractivity contribution in [1.29, 1.82) is 0 Å². The molecule has 2 amide bonds. The largest absolute Gasteiger partial charge is 0.383 e. The number of hydrogen-bond donors (Lipinski definition) is 1. The van der Waals surface area contributed by atoms with Crippen LogP contribution in [0.1, 0.15) is 18.9 Å². The van der Waals surface area contributed by atoms with Crippen molar-refractivity contribution in [2.24, 2.45) is 5.92 Å². The summed E-state index contributed by atoms with van der Waals surface area (Å²) in [7, 11) is 1.60. The molecule has 1 saturated heterocycles. The smallest absolute Gasteiger partial charge is 0.225 e. The molecule has 120 valence electrons. The third-order valence-corrected chi connectivity index (χ3v) is 3.90. The maximum atomic E-state index is 12.2. The minimum absolute atomic E-state index is 0.0361. The SMILES string of the molecule is COCC(C)NC(=O)C1CC(=O)N(CCc2ccccc2)C1. The second kappa shape index (κ2) is 7.94. The lowest BCUT2D eigenvalue weighted by Gasteiger charge is -2.18. The van der Waals surface area contributed by atoms with E-state index >= 15 is 0 Å². The summed E-state index contributed by atoms with van der Waals surface area (Å²) in [5.74, 6) is -0.238. The predicted octanol–water partition coefficient (Wildman–Crippen LogP) is 1.23. The Morgan fingerprint density at radius 1 is 1.41 bits per heavy atom. The van der Waals surface area contributed by atoms with E-state index in [-0.39, 0.29) is 23.8 Å². The van der Waals surface area contributed by atoms with Crippen LogP contribution in [0.3, 0.4) is 0 Å². The van der Waals surface area contributed by atoms with Gasteiger partial charge in [0.15, 0.2) is 0 Å². The fourth-order valence-electron chi connectivity index (χ4n) is 2.72. The summed E-state index contributed by atoms with van der Waals surface area (Å²) in [6, 6.07) is 10.0. The molecule has 1 aromatic rings. The number of carbonyl (C=O) groups is 2. The zero-order valence-electron chi connectivity index (χ0n) is 13.2. The number of rotatable bonds is 7. The lowest BCUT2D eigenvalue weighted by Crippen LogP contribution is -2.40. The van der Waals surface area contributed by atoms with Crippen molar-refractivity contribution < 1.29 is 14.3 Å². The van der Waals surface area contributed by atoms with Gasteiger partial charge in [-0.1, -0.05) is 30.3 Å². The normalized spacial score (nSPS) is 19.3. The summed E-state index contributed by atoms with van der Waals surface area (Å²) in [6.07, 6.45) is 1.13. The average Bonchev–Trinajstić information content (AvgIpc) is 2.88. The number of nitrogens with zero attached hydrogens (tertiary/aromatic N) is 1. The monoisotopic (exact) mass is 304 g/mol. The van der Waals surface area contributed by atoms with Gasteiger partial charge in [0, 0.05) is 32.7 Å². The van der Waals surface area contributed by atoms with E-state index in [4.69, 9.17) is 4.74 Å². The maximum absolute atomic E-state index is 12.2. The molecule has 1 aromatic carbocycles. The molecular weight excluding hydrogens is 280 g/mol. The maximum Gasteiger partial charge on any atom is 0.225 e. The molecule has 2 unspecified atom stereocenters. The Balaban J connectivity index is 1.81. The topological polar surface area (TPSA) is 58.6 Å². The fraction of sp³-hybridized carbons (Fsp3) is 0.529. The van der Waals surface area contributed by atoms with Gasteiger partial charge in [-0.15, -0.1) is 0 Å². The number of likely N-dealkylation sites (tertiary alicyclic amines) is 1. The lowest BCUT2D eigenvalue weighted by molar-refractivity contribution is -0.129. The number of carbonyl (C=O) groups excluding carboxylic acids is 2. The van der Waals surface area contributed by atoms with E-state index in [0.29, 0.717) is 26.1 Å². The molecule has 2 rings (SSSR count). The third kappa shape index (κ3) is 4.56. The van der Waals surface area contributed by atoms with E-state index in [1.807, 2.05) is 25.1 Å². The van der Waals surface area contributed by atoms with Crippen molar-refractivity contribution in [2.45, 2.75) is 25.8 Å². The van der Waals surface area contributed by atoms with E-state index in [1.165, 1.54) is 5.56 Å². The highest BCUT2D eigenvalue weighted by molar-refractivity contribution is 5.89. The van der Waals surface area contributed by atoms with Gasteiger partial charge < -0.3 is 15.0 Å². The standard InChI is InChI=1S/C17H24N2O3/c1-13(12-22-2)18-17(21)15-10-16(20)19(11-15)9-8-14-6-4-3-5-7-14/h3-7,13,15H,8-12H2,1-2H3,(H,18,21). The molecule has 0 spiro atoms. The van der Waals surface area contributed by atoms with Gasteiger partial charge in [0.05, 0.1) is 12.5 Å². The molecule has 0 saturated carbocycles. The van der Waals surface area contributed by atoms with Crippen LogP contribution in [-0.4, -0.2) is 49.6 Å². The van der Waals surface area contributed by atoms with Crippen molar-refractivity contribution in [3.8, 4) is 0 Å². The third-order valence-electron chi connectivity index (χ3n) is 3.90. The van der Waals surface area contributed by atoms with E-state index in [2.05, 4.69) is 17.4 Å². The first-order valence-corrected chi connectivity index (χ1v) is 7.71. The number of amides is 2. The number of benzene rings is 1. The van der Waals surface area contributed by atoms with E-state index in [0.717, 1.165) is 6.42 Å². The Hall–Kier alpha value is -1.88. The molecule has 0 aliphatic carbocycles. The highest BCUT2D eigenvalue weighted by Crippen LogP contribution is 2.18. The highest BCUT2D eigenvalue weighted by atomic mass is 16.5. The summed E-state index contributed by atoms with van der Waals surface area (Å²) in [6.45, 7) is 3.55. The van der Waals surface area contributed by atoms with Gasteiger partial charge >= 0.3 is 0 Å². The zero-order valence-corrected chi connectivity index (χ0v) is 13.2. The van der Waals surface area contributed by atoms with Crippen LogP contribution in [0.5, 0.6) is 0 Å². The molecule has 1 heterocycles. The number of ether oxygens (including phenoxy) is 1. The van der Waals surface area contributed by atoms with E-state index in [9.17, 15) is 9.59 Å². The second-order valence-corrected chi connectivity index (χ2v) is 5.84. The predicted molar refractivity (Wildman–Crippen MR) is 84.3 cm³/mol. The van der Waals surface area contributed by atoms with Crippen LogP contribution in [0.4, 0.5) is 0 Å². The van der Waals surface area contributed by atoms with Crippen LogP contribution in [0.2, 0.25) is 0 Å². The molecule has 1 aliphatic heterocycles. The molecule has 1 N–H and O–H groups in total. The Morgan fingerprint density at radius 3 is 2.82 bits per heavy atom. The highest BCUT2D eigenvalue weighted by Gasteiger charge is 2.34. The molecular formula is C17H24N2O3. The van der Waals surface area contributed by atoms with Gasteiger partial charge in [-0.25, -0.2) is 0 Å². The van der Waals surface area contributed by atoms with E-state index in [1.54, 1.807) is 12.0 Å². The summed E-state index contributed by atoms with van der Waals surface area (Å²) in [5, 5.41) is 2.89. The summed E-state index contributed by atoms with van der Waals surface area (Å²) >= 11 is 0. The zero-order chi connectivity index (χ0) is 15.9. The van der Waals surface area contributed by atoms with Gasteiger partial charge in [0.2, 0.25) is 11.8 Å². The molecule has 5 nitrogen and oxygen atoms in total.